The molecule has 0 aliphatic heterocycles. The normalized spacial score (nSPS) is 10.6. The number of nitrogens with one attached hydrogen (secondary N) is 2. The zero-order chi connectivity index (χ0) is 19.9. The second kappa shape index (κ2) is 8.49. The lowest BCUT2D eigenvalue weighted by molar-refractivity contribution is -0.384. The van der Waals surface area contributed by atoms with Crippen LogP contribution in [0.1, 0.15) is 0 Å². The molecule has 0 saturated heterocycles. The Kier molecular flexibility index (Phi) is 5.66. The number of carbonyl (C=O) groups is 1. The summed E-state index contributed by atoms with van der Waals surface area (Å²) in [6, 6.07) is 17.9. The summed E-state index contributed by atoms with van der Waals surface area (Å²) in [5.41, 5.74) is 1.11. The molecule has 0 unspecified atom stereocenters. The summed E-state index contributed by atoms with van der Waals surface area (Å²) in [5.74, 6) is -0.780. The summed E-state index contributed by atoms with van der Waals surface area (Å²) in [4.78, 5) is 22.1. The molecule has 0 aliphatic rings. The van der Waals surface area contributed by atoms with E-state index in [0.717, 1.165) is 18.2 Å². The Morgan fingerprint density at radius 3 is 2.18 bits per heavy atom. The first-order chi connectivity index (χ1) is 13.5. The monoisotopic (exact) mass is 379 g/mol. The molecule has 0 aliphatic carbocycles. The average molecular weight is 379 g/mol. The van der Waals surface area contributed by atoms with Gasteiger partial charge in [0.05, 0.1) is 22.0 Å². The number of rotatable bonds is 5. The fourth-order valence-corrected chi connectivity index (χ4v) is 2.23. The molecule has 0 saturated carbocycles. The van der Waals surface area contributed by atoms with Crippen molar-refractivity contribution in [1.82, 2.24) is 0 Å². The van der Waals surface area contributed by atoms with E-state index in [9.17, 15) is 19.3 Å². The van der Waals surface area contributed by atoms with Crippen LogP contribution in [0, 0.1) is 15.9 Å². The van der Waals surface area contributed by atoms with Gasteiger partial charge in [-0.05, 0) is 42.5 Å². The van der Waals surface area contributed by atoms with Crippen LogP contribution in [-0.4, -0.2) is 11.0 Å². The Hall–Kier alpha value is -4.14. The number of hydrogen-bond acceptors (Lipinski definition) is 5. The number of carbonyl (C=O) groups excluding carboxylic acids is 1. The highest BCUT2D eigenvalue weighted by molar-refractivity contribution is 6.00. The fourth-order valence-electron chi connectivity index (χ4n) is 2.23. The quantitative estimate of drug-likeness (QED) is 0.332. The highest BCUT2D eigenvalue weighted by Crippen LogP contribution is 2.22. The molecule has 3 aromatic rings. The minimum Gasteiger partial charge on any atom is -0.308 e. The third kappa shape index (κ3) is 4.94. The third-order valence-corrected chi connectivity index (χ3v) is 3.57. The summed E-state index contributed by atoms with van der Waals surface area (Å²) < 4.78 is 13.7. The van der Waals surface area contributed by atoms with Gasteiger partial charge in [-0.2, -0.15) is 10.2 Å². The maximum Gasteiger partial charge on any atom is 0.323 e. The van der Waals surface area contributed by atoms with Gasteiger partial charge in [-0.15, -0.1) is 0 Å². The van der Waals surface area contributed by atoms with E-state index >= 15 is 0 Å². The Bertz CT molecular complexity index is 1020. The van der Waals surface area contributed by atoms with Gasteiger partial charge in [0.2, 0.25) is 0 Å². The lowest BCUT2D eigenvalue weighted by atomic mass is 10.2. The van der Waals surface area contributed by atoms with Gasteiger partial charge < -0.3 is 10.6 Å². The molecule has 0 atom stereocenters. The van der Waals surface area contributed by atoms with Crippen LogP contribution in [0.2, 0.25) is 0 Å². The van der Waals surface area contributed by atoms with Crippen molar-refractivity contribution in [3.05, 3.63) is 88.7 Å². The molecular formula is C19H14FN5O3. The predicted octanol–water partition coefficient (Wildman–Crippen LogP) is 5.79. The first kappa shape index (κ1) is 18.6. The number of halogens is 1. The number of anilines is 2. The van der Waals surface area contributed by atoms with E-state index in [4.69, 9.17) is 0 Å². The Morgan fingerprint density at radius 1 is 0.893 bits per heavy atom. The SMILES string of the molecule is O=C(Nc1ccc(N=Nc2ccccc2)cc1)Nc1cc([N+](=O)[O-])ccc1F. The van der Waals surface area contributed by atoms with E-state index in [0.29, 0.717) is 17.1 Å². The second-order valence-electron chi connectivity index (χ2n) is 5.58. The number of nitro benzene ring substituents is 1. The van der Waals surface area contributed by atoms with E-state index in [1.165, 1.54) is 0 Å². The second-order valence-corrected chi connectivity index (χ2v) is 5.58. The van der Waals surface area contributed by atoms with E-state index < -0.39 is 16.8 Å². The van der Waals surface area contributed by atoms with E-state index in [2.05, 4.69) is 20.9 Å². The number of amides is 2. The van der Waals surface area contributed by atoms with Gasteiger partial charge in [-0.1, -0.05) is 18.2 Å². The van der Waals surface area contributed by atoms with Crippen molar-refractivity contribution in [2.45, 2.75) is 0 Å². The smallest absolute Gasteiger partial charge is 0.308 e. The topological polar surface area (TPSA) is 109 Å². The zero-order valence-electron chi connectivity index (χ0n) is 14.4. The summed E-state index contributed by atoms with van der Waals surface area (Å²) in [7, 11) is 0. The Labute approximate surface area is 158 Å². The third-order valence-electron chi connectivity index (χ3n) is 3.57. The maximum absolute atomic E-state index is 13.7. The number of hydrogen-bond donors (Lipinski definition) is 2. The molecule has 0 fully saturated rings. The molecule has 140 valence electrons. The molecule has 0 heterocycles. The van der Waals surface area contributed by atoms with Crippen LogP contribution in [-0.2, 0) is 0 Å². The van der Waals surface area contributed by atoms with Crippen LogP contribution >= 0.6 is 0 Å². The predicted molar refractivity (Wildman–Crippen MR) is 103 cm³/mol. The van der Waals surface area contributed by atoms with Crippen molar-refractivity contribution in [2.24, 2.45) is 10.2 Å². The molecule has 0 spiro atoms. The molecular weight excluding hydrogens is 365 g/mol. The van der Waals surface area contributed by atoms with Crippen molar-refractivity contribution in [1.29, 1.82) is 0 Å². The summed E-state index contributed by atoms with van der Waals surface area (Å²) in [6.07, 6.45) is 0. The van der Waals surface area contributed by atoms with Gasteiger partial charge in [0.25, 0.3) is 5.69 Å². The number of azo groups is 1. The fraction of sp³-hybridized carbons (Fsp3) is 0. The summed E-state index contributed by atoms with van der Waals surface area (Å²) in [6.45, 7) is 0. The maximum atomic E-state index is 13.7. The molecule has 8 nitrogen and oxygen atoms in total. The lowest BCUT2D eigenvalue weighted by Gasteiger charge is -2.08. The molecule has 0 bridgehead atoms. The van der Waals surface area contributed by atoms with Crippen molar-refractivity contribution in [3.63, 3.8) is 0 Å². The lowest BCUT2D eigenvalue weighted by Crippen LogP contribution is -2.20. The molecule has 2 amide bonds. The van der Waals surface area contributed by atoms with Crippen molar-refractivity contribution in [2.75, 3.05) is 10.6 Å². The molecule has 3 rings (SSSR count). The number of benzene rings is 3. The highest BCUT2D eigenvalue weighted by atomic mass is 19.1. The van der Waals surface area contributed by atoms with E-state index in [1.54, 1.807) is 24.3 Å². The van der Waals surface area contributed by atoms with E-state index in [1.807, 2.05) is 30.3 Å². The Morgan fingerprint density at radius 2 is 1.54 bits per heavy atom. The zero-order valence-corrected chi connectivity index (χ0v) is 14.4. The van der Waals surface area contributed by atoms with Gasteiger partial charge in [-0.25, -0.2) is 9.18 Å². The van der Waals surface area contributed by atoms with Gasteiger partial charge in [0, 0.05) is 17.8 Å². The molecule has 0 radical (unpaired) electrons. The van der Waals surface area contributed by atoms with Crippen molar-refractivity contribution < 1.29 is 14.1 Å². The molecule has 2 N–H and O–H groups in total. The van der Waals surface area contributed by atoms with Crippen LogP contribution < -0.4 is 10.6 Å². The minimum absolute atomic E-state index is 0.292. The van der Waals surface area contributed by atoms with Crippen LogP contribution in [0.25, 0.3) is 0 Å². The molecule has 28 heavy (non-hydrogen) atoms. The van der Waals surface area contributed by atoms with Gasteiger partial charge in [0.1, 0.15) is 5.82 Å². The molecule has 9 heteroatoms. The van der Waals surface area contributed by atoms with Crippen molar-refractivity contribution >= 4 is 34.5 Å². The number of nitro groups is 1. The summed E-state index contributed by atoms with van der Waals surface area (Å²) >= 11 is 0. The van der Waals surface area contributed by atoms with Crippen LogP contribution in [0.5, 0.6) is 0 Å². The highest BCUT2D eigenvalue weighted by Gasteiger charge is 2.13. The standard InChI is InChI=1S/C19H14FN5O3/c20-17-11-10-16(25(27)28)12-18(17)22-19(26)21-13-6-8-15(9-7-13)24-23-14-4-2-1-3-5-14/h1-12H,(H2,21,22,26). The van der Waals surface area contributed by atoms with Gasteiger partial charge in [-0.3, -0.25) is 10.1 Å². The summed E-state index contributed by atoms with van der Waals surface area (Å²) in [5, 5.41) is 23.7. The first-order valence-corrected chi connectivity index (χ1v) is 8.10. The first-order valence-electron chi connectivity index (χ1n) is 8.10. The van der Waals surface area contributed by atoms with E-state index in [-0.39, 0.29) is 11.4 Å². The van der Waals surface area contributed by atoms with Crippen molar-refractivity contribution in [3.8, 4) is 0 Å². The van der Waals surface area contributed by atoms with Gasteiger partial charge in [0.15, 0.2) is 0 Å². The average Bonchev–Trinajstić information content (AvgIpc) is 2.70. The number of nitrogens with zero attached hydrogens (tertiary/aromatic N) is 3. The largest absolute Gasteiger partial charge is 0.323 e. The number of urea groups is 1. The van der Waals surface area contributed by atoms with Crippen LogP contribution in [0.15, 0.2) is 83.0 Å². The Balaban J connectivity index is 1.62. The molecule has 3 aromatic carbocycles. The number of non-ortho nitro benzene ring substituents is 1. The minimum atomic E-state index is -0.780. The molecule has 0 aromatic heterocycles. The van der Waals surface area contributed by atoms with Crippen LogP contribution in [0.4, 0.5) is 37.6 Å². The van der Waals surface area contributed by atoms with Gasteiger partial charge >= 0.3 is 6.03 Å². The van der Waals surface area contributed by atoms with Crippen LogP contribution in [0.3, 0.4) is 0 Å².